The summed E-state index contributed by atoms with van der Waals surface area (Å²) in [5, 5.41) is 15.9. The second-order valence-corrected chi connectivity index (χ2v) is 8.59. The van der Waals surface area contributed by atoms with E-state index in [1.165, 1.54) is 23.9 Å². The molecule has 1 aliphatic rings. The molecular formula is C24H18N6O2S. The summed E-state index contributed by atoms with van der Waals surface area (Å²) in [7, 11) is 0. The summed E-state index contributed by atoms with van der Waals surface area (Å²) < 4.78 is 5.21. The fourth-order valence-electron chi connectivity index (χ4n) is 3.96. The largest absolute Gasteiger partial charge is 0.347 e. The average molecular weight is 455 g/mol. The Kier molecular flexibility index (Phi) is 5.50. The molecule has 2 aromatic heterocycles. The monoisotopic (exact) mass is 454 g/mol. The van der Waals surface area contributed by atoms with Gasteiger partial charge in [-0.25, -0.2) is 9.97 Å². The maximum Gasteiger partial charge on any atom is 0.270 e. The van der Waals surface area contributed by atoms with Crippen LogP contribution in [0.15, 0.2) is 55.0 Å². The van der Waals surface area contributed by atoms with Crippen LogP contribution in [0.1, 0.15) is 55.7 Å². The summed E-state index contributed by atoms with van der Waals surface area (Å²) in [4.78, 5) is 33.5. The topological polar surface area (TPSA) is 121 Å². The molecule has 162 valence electrons. The first-order valence-corrected chi connectivity index (χ1v) is 11.2. The zero-order valence-electron chi connectivity index (χ0n) is 17.4. The maximum atomic E-state index is 12.8. The van der Waals surface area contributed by atoms with Gasteiger partial charge < -0.3 is 10.6 Å². The molecular weight excluding hydrogens is 436 g/mol. The van der Waals surface area contributed by atoms with Gasteiger partial charge in [-0.3, -0.25) is 9.59 Å². The third-order valence-corrected chi connectivity index (χ3v) is 6.42. The first-order chi connectivity index (χ1) is 16.1. The van der Waals surface area contributed by atoms with Crippen LogP contribution < -0.4 is 10.6 Å². The normalized spacial score (nSPS) is 14.5. The number of nitrogens with zero attached hydrogens (tertiary/aromatic N) is 4. The van der Waals surface area contributed by atoms with Gasteiger partial charge in [-0.1, -0.05) is 18.2 Å². The number of carbonyl (C=O) groups excluding carboxylic acids is 2. The van der Waals surface area contributed by atoms with Crippen LogP contribution in [-0.2, 0) is 13.0 Å². The van der Waals surface area contributed by atoms with Gasteiger partial charge >= 0.3 is 0 Å². The van der Waals surface area contributed by atoms with Gasteiger partial charge in [0.25, 0.3) is 11.8 Å². The summed E-state index contributed by atoms with van der Waals surface area (Å²) in [6.07, 6.45) is 4.57. The van der Waals surface area contributed by atoms with Gasteiger partial charge in [0.05, 0.1) is 22.4 Å². The predicted octanol–water partition coefficient (Wildman–Crippen LogP) is 3.31. The van der Waals surface area contributed by atoms with E-state index in [1.54, 1.807) is 6.07 Å². The van der Waals surface area contributed by atoms with Crippen LogP contribution in [0.5, 0.6) is 0 Å². The van der Waals surface area contributed by atoms with E-state index in [4.69, 9.17) is 5.26 Å². The molecule has 2 amide bonds. The van der Waals surface area contributed by atoms with Gasteiger partial charge in [-0.05, 0) is 59.3 Å². The molecule has 0 bridgehead atoms. The molecule has 4 aromatic rings. The molecule has 2 heterocycles. The summed E-state index contributed by atoms with van der Waals surface area (Å²) >= 11 is 1.41. The number of aryl methyl sites for hydroxylation is 1. The van der Waals surface area contributed by atoms with E-state index in [9.17, 15) is 9.59 Å². The highest BCUT2D eigenvalue weighted by molar-refractivity contribution is 7.13. The molecule has 1 aliphatic carbocycles. The number of rotatable bonds is 5. The minimum absolute atomic E-state index is 0.125. The van der Waals surface area contributed by atoms with Crippen molar-refractivity contribution >= 4 is 33.4 Å². The number of hydrogen-bond acceptors (Lipinski definition) is 7. The molecule has 9 heteroatoms. The third-order valence-electron chi connectivity index (χ3n) is 5.66. The molecule has 8 nitrogen and oxygen atoms in total. The Morgan fingerprint density at radius 1 is 1.09 bits per heavy atom. The summed E-state index contributed by atoms with van der Waals surface area (Å²) in [5.74, 6) is -0.754. The van der Waals surface area contributed by atoms with E-state index in [-0.39, 0.29) is 29.2 Å². The lowest BCUT2D eigenvalue weighted by molar-refractivity contribution is 0.0931. The smallest absolute Gasteiger partial charge is 0.270 e. The molecule has 5 rings (SSSR count). The molecule has 33 heavy (non-hydrogen) atoms. The Balaban J connectivity index is 1.24. The standard InChI is InChI=1S/C24H18N6O2S/c25-10-14-2-5-18-16(7-14)4-6-19(18)30-24(32)21-9-20(27-13-28-21)23(31)26-11-15-1-3-17-12-29-33-22(17)8-15/h1-3,5,7-9,12-13,19H,4,6,11H2,(H,26,31)(H,30,32). The van der Waals surface area contributed by atoms with Crippen LogP contribution >= 0.6 is 11.5 Å². The van der Waals surface area contributed by atoms with E-state index in [2.05, 4.69) is 31.0 Å². The molecule has 0 spiro atoms. The Morgan fingerprint density at radius 3 is 2.79 bits per heavy atom. The van der Waals surface area contributed by atoms with Crippen molar-refractivity contribution in [1.29, 1.82) is 5.26 Å². The van der Waals surface area contributed by atoms with Crippen LogP contribution in [-0.4, -0.2) is 26.2 Å². The van der Waals surface area contributed by atoms with Gasteiger partial charge in [0.15, 0.2) is 0 Å². The molecule has 1 atom stereocenters. The van der Waals surface area contributed by atoms with Crippen LogP contribution in [0.4, 0.5) is 0 Å². The number of nitrogens with one attached hydrogen (secondary N) is 2. The van der Waals surface area contributed by atoms with Crippen LogP contribution in [0.2, 0.25) is 0 Å². The zero-order valence-corrected chi connectivity index (χ0v) is 18.2. The van der Waals surface area contributed by atoms with E-state index in [1.807, 2.05) is 36.5 Å². The Hall–Kier alpha value is -4.16. The lowest BCUT2D eigenvalue weighted by Crippen LogP contribution is -2.29. The number of aromatic nitrogens is 3. The number of amides is 2. The van der Waals surface area contributed by atoms with Gasteiger partial charge in [0.1, 0.15) is 17.7 Å². The van der Waals surface area contributed by atoms with Crippen molar-refractivity contribution < 1.29 is 9.59 Å². The molecule has 0 aliphatic heterocycles. The molecule has 2 N–H and O–H groups in total. The van der Waals surface area contributed by atoms with Crippen molar-refractivity contribution in [3.63, 3.8) is 0 Å². The number of carbonyl (C=O) groups is 2. The maximum absolute atomic E-state index is 12.8. The Bertz CT molecular complexity index is 1420. The molecule has 0 radical (unpaired) electrons. The number of nitriles is 1. The van der Waals surface area contributed by atoms with Crippen molar-refractivity contribution in [3.05, 3.63) is 88.6 Å². The minimum Gasteiger partial charge on any atom is -0.347 e. The summed E-state index contributed by atoms with van der Waals surface area (Å²) in [6, 6.07) is 14.8. The second kappa shape index (κ2) is 8.76. The van der Waals surface area contributed by atoms with E-state index >= 15 is 0 Å². The van der Waals surface area contributed by atoms with Gasteiger partial charge in [0.2, 0.25) is 0 Å². The molecule has 0 saturated carbocycles. The predicted molar refractivity (Wildman–Crippen MR) is 123 cm³/mol. The number of hydrogen-bond donors (Lipinski definition) is 2. The summed E-state index contributed by atoms with van der Waals surface area (Å²) in [5.41, 5.74) is 3.89. The fraction of sp³-hybridized carbons (Fsp3) is 0.167. The average Bonchev–Trinajstić information content (AvgIpc) is 3.48. The van der Waals surface area contributed by atoms with Crippen LogP contribution in [0.3, 0.4) is 0 Å². The highest BCUT2D eigenvalue weighted by Crippen LogP contribution is 2.31. The third kappa shape index (κ3) is 4.29. The van der Waals surface area contributed by atoms with Gasteiger partial charge in [-0.2, -0.15) is 9.64 Å². The molecule has 2 aromatic carbocycles. The van der Waals surface area contributed by atoms with Crippen LogP contribution in [0.25, 0.3) is 10.1 Å². The SMILES string of the molecule is N#Cc1ccc2c(c1)CCC2NC(=O)c1cc(C(=O)NCc2ccc3cnsc3c2)ncn1. The van der Waals surface area contributed by atoms with Crippen molar-refractivity contribution in [2.45, 2.75) is 25.4 Å². The first-order valence-electron chi connectivity index (χ1n) is 10.4. The first kappa shape index (κ1) is 20.7. The molecule has 0 saturated heterocycles. The number of fused-ring (bicyclic) bond motifs is 2. The van der Waals surface area contributed by atoms with Crippen molar-refractivity contribution in [3.8, 4) is 6.07 Å². The number of benzene rings is 2. The van der Waals surface area contributed by atoms with E-state index in [0.717, 1.165) is 39.6 Å². The summed E-state index contributed by atoms with van der Waals surface area (Å²) in [6.45, 7) is 0.335. The van der Waals surface area contributed by atoms with E-state index < -0.39 is 0 Å². The molecule has 0 fully saturated rings. The van der Waals surface area contributed by atoms with E-state index in [0.29, 0.717) is 12.1 Å². The zero-order chi connectivity index (χ0) is 22.8. The fourth-order valence-corrected chi connectivity index (χ4v) is 4.67. The Labute approximate surface area is 193 Å². The quantitative estimate of drug-likeness (QED) is 0.477. The van der Waals surface area contributed by atoms with Crippen molar-refractivity contribution in [2.24, 2.45) is 0 Å². The van der Waals surface area contributed by atoms with Crippen molar-refractivity contribution in [1.82, 2.24) is 25.0 Å². The highest BCUT2D eigenvalue weighted by Gasteiger charge is 2.25. The molecule has 1 unspecified atom stereocenters. The lowest BCUT2D eigenvalue weighted by atomic mass is 10.1. The van der Waals surface area contributed by atoms with Crippen LogP contribution in [0, 0.1) is 11.3 Å². The van der Waals surface area contributed by atoms with Crippen molar-refractivity contribution in [2.75, 3.05) is 0 Å². The minimum atomic E-state index is -0.383. The Morgan fingerprint density at radius 2 is 1.94 bits per heavy atom. The lowest BCUT2D eigenvalue weighted by Gasteiger charge is -2.14. The highest BCUT2D eigenvalue weighted by atomic mass is 32.1. The second-order valence-electron chi connectivity index (χ2n) is 7.76. The van der Waals surface area contributed by atoms with Gasteiger partial charge in [-0.15, -0.1) is 0 Å². The van der Waals surface area contributed by atoms with Gasteiger partial charge in [0, 0.05) is 24.2 Å².